The Kier molecular flexibility index (Phi) is 16.7. The Balaban J connectivity index is 0.000000457. The second-order valence-corrected chi connectivity index (χ2v) is 15.9. The highest BCUT2D eigenvalue weighted by atomic mass is 32.2. The highest BCUT2D eigenvalue weighted by molar-refractivity contribution is 7.85. The van der Waals surface area contributed by atoms with E-state index in [-0.39, 0.29) is 23.6 Å². The van der Waals surface area contributed by atoms with Gasteiger partial charge in [0.05, 0.1) is 28.8 Å². The van der Waals surface area contributed by atoms with Gasteiger partial charge in [-0.1, -0.05) is 43.3 Å². The fraction of sp³-hybridized carbons (Fsp3) is 0.341. The Hall–Kier alpha value is -6.13. The van der Waals surface area contributed by atoms with Crippen molar-refractivity contribution < 1.29 is 27.7 Å². The lowest BCUT2D eigenvalue weighted by molar-refractivity contribution is -0.120. The Morgan fingerprint density at radius 3 is 2.45 bits per heavy atom. The fourth-order valence-electron chi connectivity index (χ4n) is 6.40. The molecule has 0 radical (unpaired) electrons. The maximum absolute atomic E-state index is 15.4. The van der Waals surface area contributed by atoms with Gasteiger partial charge in [-0.05, 0) is 106 Å². The van der Waals surface area contributed by atoms with Crippen LogP contribution < -0.4 is 20.7 Å². The molecule has 1 saturated carbocycles. The van der Waals surface area contributed by atoms with Crippen LogP contribution in [-0.2, 0) is 26.8 Å². The van der Waals surface area contributed by atoms with Gasteiger partial charge < -0.3 is 25.5 Å². The molecule has 7 rings (SSSR count). The minimum absolute atomic E-state index is 0.00292. The van der Waals surface area contributed by atoms with Crippen molar-refractivity contribution in [2.45, 2.75) is 81.1 Å². The van der Waals surface area contributed by atoms with Crippen LogP contribution in [0.4, 0.5) is 16.0 Å². The number of nitrogens with one attached hydrogen (secondary N) is 4. The Morgan fingerprint density at radius 1 is 1.07 bits per heavy atom. The molecule has 4 N–H and O–H groups in total. The molecule has 0 aliphatic heterocycles. The molecule has 14 nitrogen and oxygen atoms in total. The highest BCUT2D eigenvalue weighted by Crippen LogP contribution is 2.43. The fourth-order valence-corrected chi connectivity index (χ4v) is 7.54. The molecule has 1 unspecified atom stereocenters. The maximum Gasteiger partial charge on any atom is 0.247 e. The van der Waals surface area contributed by atoms with Gasteiger partial charge in [-0.25, -0.2) is 13.6 Å². The van der Waals surface area contributed by atoms with Crippen LogP contribution >= 0.6 is 0 Å². The number of nitrogens with zero attached hydrogens (tertiary/aromatic N) is 5. The van der Waals surface area contributed by atoms with E-state index in [9.17, 15) is 18.6 Å². The summed E-state index contributed by atoms with van der Waals surface area (Å²) in [6, 6.07) is 20.0. The number of rotatable bonds is 16. The van der Waals surface area contributed by atoms with E-state index in [0.717, 1.165) is 49.5 Å². The average Bonchev–Trinajstić information content (AvgIpc) is 3.94. The largest absolute Gasteiger partial charge is 0.485 e. The van der Waals surface area contributed by atoms with E-state index in [1.807, 2.05) is 69.4 Å². The smallest absolute Gasteiger partial charge is 0.247 e. The zero-order chi connectivity index (χ0) is 43.0. The van der Waals surface area contributed by atoms with Crippen molar-refractivity contribution in [2.24, 2.45) is 5.92 Å². The number of H-pyrrole nitrogens is 1. The van der Waals surface area contributed by atoms with Gasteiger partial charge in [0.1, 0.15) is 30.4 Å². The quantitative estimate of drug-likeness (QED) is 0.0570. The van der Waals surface area contributed by atoms with Gasteiger partial charge >= 0.3 is 0 Å². The summed E-state index contributed by atoms with van der Waals surface area (Å²) in [6.45, 7) is 6.94. The number of aldehydes is 2. The van der Waals surface area contributed by atoms with Crippen molar-refractivity contribution >= 4 is 46.6 Å². The lowest BCUT2D eigenvalue weighted by Crippen LogP contribution is -2.23. The standard InChI is InChI=1S/C35H32FN7O3S.C6H11NO2.C3H9N/c1-21(2)46-33-32(27-17-38-39-18-27)37-20-43-34(33)41-35(42-43)40-31-11-10-29(16-30(31)36)47(45)28-5-3-4-23(15-28)12-24-13-26(14-24)25-8-6-22(19-44)7-9-25;1-7-6(9)4-2-3-5-8;1-3-4-2/h3-11,15-21,24,26H,12-14H2,1-2H3,(H,38,39)(H,40,42);5H,2-4H2,1H3,(H,7,9);4H,3H2,1-2H3. The molecular formula is C44H52FN9O5S. The number of hydrogen-bond acceptors (Lipinski definition) is 11. The van der Waals surface area contributed by atoms with Crippen LogP contribution in [0, 0.1) is 11.7 Å². The van der Waals surface area contributed by atoms with E-state index in [4.69, 9.17) is 4.74 Å². The van der Waals surface area contributed by atoms with Crippen molar-refractivity contribution in [2.75, 3.05) is 26.0 Å². The first-order valence-electron chi connectivity index (χ1n) is 19.9. The predicted octanol–water partition coefficient (Wildman–Crippen LogP) is 7.23. The first-order valence-corrected chi connectivity index (χ1v) is 21.0. The number of fused-ring (bicyclic) bond motifs is 1. The maximum atomic E-state index is 15.4. The highest BCUT2D eigenvalue weighted by Gasteiger charge is 2.30. The van der Waals surface area contributed by atoms with Crippen molar-refractivity contribution in [3.63, 3.8) is 0 Å². The second-order valence-electron chi connectivity index (χ2n) is 14.4. The summed E-state index contributed by atoms with van der Waals surface area (Å²) in [5.74, 6) is 1.03. The number of amides is 1. The minimum atomic E-state index is -1.56. The van der Waals surface area contributed by atoms with E-state index >= 15 is 4.39 Å². The molecule has 6 aromatic rings. The molecule has 1 amide bonds. The van der Waals surface area contributed by atoms with E-state index in [1.165, 1.54) is 28.5 Å². The Morgan fingerprint density at radius 2 is 1.82 bits per heavy atom. The second kappa shape index (κ2) is 22.3. The van der Waals surface area contributed by atoms with Crippen molar-refractivity contribution in [3.8, 4) is 17.0 Å². The van der Waals surface area contributed by atoms with E-state index < -0.39 is 16.6 Å². The third kappa shape index (κ3) is 12.2. The average molecular weight is 838 g/mol. The van der Waals surface area contributed by atoms with Gasteiger partial charge in [0.2, 0.25) is 17.5 Å². The van der Waals surface area contributed by atoms with Crippen LogP contribution in [0.15, 0.2) is 95.2 Å². The number of unbranched alkanes of at least 4 members (excludes halogenated alkanes) is 1. The predicted molar refractivity (Wildman–Crippen MR) is 230 cm³/mol. The SMILES string of the molecule is CC(C)Oc1c(-c2cn[nH]c2)ncn2nc(Nc3ccc(S(=O)c4cccc(CC5CC(c6ccc(C=O)cc6)C5)c4)cc3F)nc12.CCNC.CNC(=O)CCCC=O. The molecule has 316 valence electrons. The van der Waals surface area contributed by atoms with Gasteiger partial charge in [-0.15, -0.1) is 5.10 Å². The van der Waals surface area contributed by atoms with E-state index in [2.05, 4.69) is 48.1 Å². The third-order valence-corrected chi connectivity index (χ3v) is 11.0. The normalized spacial score (nSPS) is 14.8. The van der Waals surface area contributed by atoms with E-state index in [1.54, 1.807) is 25.5 Å². The lowest BCUT2D eigenvalue weighted by Gasteiger charge is -2.36. The minimum Gasteiger partial charge on any atom is -0.485 e. The lowest BCUT2D eigenvalue weighted by atomic mass is 9.69. The third-order valence-electron chi connectivity index (χ3n) is 9.65. The summed E-state index contributed by atoms with van der Waals surface area (Å²) in [5, 5.41) is 19.5. The summed E-state index contributed by atoms with van der Waals surface area (Å²) in [6.07, 6.45) is 11.0. The number of halogens is 1. The molecule has 3 heterocycles. The number of anilines is 2. The summed E-state index contributed by atoms with van der Waals surface area (Å²) in [7, 11) is 1.95. The molecule has 0 saturated heterocycles. The first-order chi connectivity index (χ1) is 29.1. The van der Waals surface area contributed by atoms with Crippen LogP contribution in [-0.4, -0.2) is 79.2 Å². The van der Waals surface area contributed by atoms with Crippen molar-refractivity contribution in [3.05, 3.63) is 108 Å². The van der Waals surface area contributed by atoms with Gasteiger partial charge in [0.15, 0.2) is 5.75 Å². The van der Waals surface area contributed by atoms with Crippen LogP contribution in [0.5, 0.6) is 5.75 Å². The van der Waals surface area contributed by atoms with Crippen molar-refractivity contribution in [1.82, 2.24) is 40.4 Å². The molecule has 1 fully saturated rings. The Bertz CT molecular complexity index is 2340. The summed E-state index contributed by atoms with van der Waals surface area (Å²) in [4.78, 5) is 41.2. The zero-order valence-electron chi connectivity index (χ0n) is 34.5. The van der Waals surface area contributed by atoms with Gasteiger partial charge in [0.25, 0.3) is 0 Å². The molecule has 60 heavy (non-hydrogen) atoms. The van der Waals surface area contributed by atoms with Gasteiger partial charge in [-0.3, -0.25) is 14.7 Å². The molecule has 0 bridgehead atoms. The van der Waals surface area contributed by atoms with E-state index in [0.29, 0.717) is 63.5 Å². The van der Waals surface area contributed by atoms with Crippen LogP contribution in [0.3, 0.4) is 0 Å². The molecule has 1 aliphatic carbocycles. The number of hydrogen-bond donors (Lipinski definition) is 4. The van der Waals surface area contributed by atoms with Crippen LogP contribution in [0.25, 0.3) is 16.9 Å². The number of carbonyl (C=O) groups is 3. The zero-order valence-corrected chi connectivity index (χ0v) is 35.3. The topological polar surface area (TPSA) is 185 Å². The number of benzene rings is 3. The number of carbonyl (C=O) groups excluding carboxylic acids is 3. The van der Waals surface area contributed by atoms with Crippen LogP contribution in [0.2, 0.25) is 0 Å². The van der Waals surface area contributed by atoms with Crippen molar-refractivity contribution in [1.29, 1.82) is 0 Å². The number of aromatic nitrogens is 6. The summed E-state index contributed by atoms with van der Waals surface area (Å²) >= 11 is 0. The summed E-state index contributed by atoms with van der Waals surface area (Å²) in [5.41, 5.74) is 4.91. The molecule has 0 spiro atoms. The first kappa shape index (κ1) is 45.0. The number of aromatic amines is 1. The molecule has 1 aliphatic rings. The molecule has 16 heteroatoms. The molecule has 1 atom stereocenters. The van der Waals surface area contributed by atoms with Gasteiger partial charge in [-0.2, -0.15) is 14.6 Å². The van der Waals surface area contributed by atoms with Gasteiger partial charge in [0, 0.05) is 47.0 Å². The monoisotopic (exact) mass is 837 g/mol. The molecule has 3 aromatic carbocycles. The summed E-state index contributed by atoms with van der Waals surface area (Å²) < 4.78 is 36.4. The molecular weight excluding hydrogens is 786 g/mol. The molecule has 3 aromatic heterocycles. The Labute approximate surface area is 351 Å². The number of ether oxygens (including phenoxy) is 1. The van der Waals surface area contributed by atoms with Crippen LogP contribution in [0.1, 0.15) is 80.3 Å².